The Hall–Kier alpha value is -2.76. The average Bonchev–Trinajstić information content (AvgIpc) is 2.91. The smallest absolute Gasteiger partial charge is 0.266 e. The highest BCUT2D eigenvalue weighted by atomic mass is 32.2. The molecule has 2 heterocycles. The molecule has 0 bridgehead atoms. The van der Waals surface area contributed by atoms with Gasteiger partial charge in [0.25, 0.3) is 31.9 Å². The molecule has 11 heteroatoms. The van der Waals surface area contributed by atoms with Gasteiger partial charge >= 0.3 is 0 Å². The van der Waals surface area contributed by atoms with Crippen molar-refractivity contribution in [3.05, 3.63) is 59.7 Å². The number of hydrogen-bond donors (Lipinski definition) is 2. The molecule has 9 nitrogen and oxygen atoms in total. The van der Waals surface area contributed by atoms with Gasteiger partial charge in [0, 0.05) is 0 Å². The van der Waals surface area contributed by atoms with Crippen molar-refractivity contribution in [1.82, 2.24) is 9.44 Å². The van der Waals surface area contributed by atoms with Gasteiger partial charge in [0.1, 0.15) is 9.79 Å². The number of benzene rings is 2. The fourth-order valence-electron chi connectivity index (χ4n) is 2.24. The summed E-state index contributed by atoms with van der Waals surface area (Å²) in [6, 6.07) is 12.2. The highest BCUT2D eigenvalue weighted by molar-refractivity contribution is 7.91. The van der Waals surface area contributed by atoms with Crippen LogP contribution in [-0.2, 0) is 20.0 Å². The third-order valence-electron chi connectivity index (χ3n) is 3.30. The summed E-state index contributed by atoms with van der Waals surface area (Å²) in [4.78, 5) is 22.1. The van der Waals surface area contributed by atoms with Gasteiger partial charge in [-0.1, -0.05) is 24.3 Å². The Morgan fingerprint density at radius 2 is 0.920 bits per heavy atom. The van der Waals surface area contributed by atoms with Crippen LogP contribution in [0.1, 0.15) is 20.7 Å². The number of carbonyl (C=O) groups excluding carboxylic acids is 2. The van der Waals surface area contributed by atoms with Gasteiger partial charge < -0.3 is 5.48 Å². The van der Waals surface area contributed by atoms with E-state index >= 15 is 0 Å². The Balaban J connectivity index is 0.000000173. The molecule has 2 aliphatic rings. The van der Waals surface area contributed by atoms with E-state index in [4.69, 9.17) is 0 Å². The van der Waals surface area contributed by atoms with Crippen LogP contribution in [0.4, 0.5) is 0 Å². The average molecular weight is 384 g/mol. The molecule has 4 N–H and O–H groups in total. The van der Waals surface area contributed by atoms with Crippen LogP contribution in [-0.4, -0.2) is 34.1 Å². The van der Waals surface area contributed by atoms with E-state index in [-0.39, 0.29) is 26.4 Å². The normalized spacial score (nSPS) is 17.8. The predicted octanol–water partition coefficient (Wildman–Crippen LogP) is -0.587. The molecule has 2 amide bonds. The Kier molecular flexibility index (Phi) is 4.66. The predicted molar refractivity (Wildman–Crippen MR) is 85.8 cm³/mol. The maximum Gasteiger partial charge on any atom is 0.266 e. The molecule has 0 aliphatic carbocycles. The first-order chi connectivity index (χ1) is 11.2. The number of nitrogens with one attached hydrogen (secondary N) is 2. The number of carbonyl (C=O) groups is 2. The summed E-state index contributed by atoms with van der Waals surface area (Å²) in [5.74, 6) is -1.10. The number of hydrogen-bond acceptors (Lipinski definition) is 6. The van der Waals surface area contributed by atoms with Crippen LogP contribution < -0.4 is 9.44 Å². The first-order valence-electron chi connectivity index (χ1n) is 6.55. The van der Waals surface area contributed by atoms with Gasteiger partial charge in [-0.3, -0.25) is 9.59 Å². The Bertz CT molecular complexity index is 988. The van der Waals surface area contributed by atoms with Crippen LogP contribution in [0.25, 0.3) is 0 Å². The highest BCUT2D eigenvalue weighted by Crippen LogP contribution is 2.21. The summed E-state index contributed by atoms with van der Waals surface area (Å²) in [6.07, 6.45) is 0. The molecule has 2 aliphatic heterocycles. The Morgan fingerprint density at radius 1 is 0.600 bits per heavy atom. The minimum absolute atomic E-state index is 0. The largest absolute Gasteiger partial charge is 0.412 e. The molecule has 0 saturated carbocycles. The standard InChI is InChI=1S/2C7H5NO3S.H2O/c2*9-7-5-3-1-2-4-6(5)12(10,11)8-7;/h2*1-4H,(H,8,9);1H2. The molecule has 0 atom stereocenters. The van der Waals surface area contributed by atoms with Crippen LogP contribution in [0.5, 0.6) is 0 Å². The maximum atomic E-state index is 11.1. The Labute approximate surface area is 143 Å². The van der Waals surface area contributed by atoms with Crippen LogP contribution >= 0.6 is 0 Å². The monoisotopic (exact) mass is 384 g/mol. The molecule has 0 saturated heterocycles. The Morgan fingerprint density at radius 3 is 1.24 bits per heavy atom. The summed E-state index contributed by atoms with van der Waals surface area (Å²) < 4.78 is 48.3. The van der Waals surface area contributed by atoms with Crippen molar-refractivity contribution in [1.29, 1.82) is 0 Å². The number of rotatable bonds is 0. The zero-order valence-electron chi connectivity index (χ0n) is 12.4. The van der Waals surface area contributed by atoms with Crippen molar-refractivity contribution in [2.45, 2.75) is 9.79 Å². The fraction of sp³-hybridized carbons (Fsp3) is 0. The molecular formula is C14H12N2O7S2. The molecule has 0 spiro atoms. The lowest BCUT2D eigenvalue weighted by Crippen LogP contribution is -2.20. The molecule has 132 valence electrons. The van der Waals surface area contributed by atoms with Crippen molar-refractivity contribution in [3.8, 4) is 0 Å². The van der Waals surface area contributed by atoms with E-state index < -0.39 is 31.9 Å². The molecule has 4 rings (SSSR count). The molecule has 25 heavy (non-hydrogen) atoms. The second kappa shape index (κ2) is 6.27. The summed E-state index contributed by atoms with van der Waals surface area (Å²) in [5, 5.41) is 0. The van der Waals surface area contributed by atoms with E-state index in [0.29, 0.717) is 0 Å². The molecule has 0 fully saturated rings. The van der Waals surface area contributed by atoms with E-state index in [1.165, 1.54) is 24.3 Å². The van der Waals surface area contributed by atoms with Gasteiger partial charge in [-0.05, 0) is 24.3 Å². The van der Waals surface area contributed by atoms with Crippen molar-refractivity contribution < 1.29 is 31.9 Å². The van der Waals surface area contributed by atoms with E-state index in [2.05, 4.69) is 0 Å². The molecule has 2 aromatic rings. The zero-order valence-corrected chi connectivity index (χ0v) is 14.0. The van der Waals surface area contributed by atoms with E-state index in [9.17, 15) is 26.4 Å². The summed E-state index contributed by atoms with van der Waals surface area (Å²) in [6.45, 7) is 0. The van der Waals surface area contributed by atoms with Crippen molar-refractivity contribution in [3.63, 3.8) is 0 Å². The minimum Gasteiger partial charge on any atom is -0.412 e. The quantitative estimate of drug-likeness (QED) is 0.618. The van der Waals surface area contributed by atoms with Gasteiger partial charge in [-0.25, -0.2) is 26.3 Å². The van der Waals surface area contributed by atoms with E-state index in [0.717, 1.165) is 0 Å². The SMILES string of the molecule is O.O=C1NS(=O)(=O)c2ccccc21.O=C1NS(=O)(=O)c2ccccc21. The lowest BCUT2D eigenvalue weighted by molar-refractivity contribution is 0.0976. The molecular weight excluding hydrogens is 372 g/mol. The van der Waals surface area contributed by atoms with Crippen molar-refractivity contribution in [2.75, 3.05) is 0 Å². The number of amides is 2. The van der Waals surface area contributed by atoms with Crippen LogP contribution in [0.2, 0.25) is 0 Å². The van der Waals surface area contributed by atoms with Crippen LogP contribution in [0.15, 0.2) is 58.3 Å². The minimum atomic E-state index is -3.55. The molecule has 0 unspecified atom stereocenters. The van der Waals surface area contributed by atoms with Gasteiger partial charge in [0.05, 0.1) is 11.1 Å². The lowest BCUT2D eigenvalue weighted by atomic mass is 10.2. The van der Waals surface area contributed by atoms with E-state index in [1.807, 2.05) is 9.44 Å². The summed E-state index contributed by atoms with van der Waals surface area (Å²) in [5.41, 5.74) is 0.440. The number of sulfonamides is 2. The van der Waals surface area contributed by atoms with Crippen molar-refractivity contribution >= 4 is 31.9 Å². The van der Waals surface area contributed by atoms with E-state index in [1.54, 1.807) is 24.3 Å². The first kappa shape index (κ1) is 18.6. The zero-order chi connectivity index (χ0) is 17.5. The van der Waals surface area contributed by atoms with Crippen LogP contribution in [0, 0.1) is 0 Å². The molecule has 0 radical (unpaired) electrons. The first-order valence-corrected chi connectivity index (χ1v) is 9.51. The fourth-order valence-corrected chi connectivity index (χ4v) is 4.59. The van der Waals surface area contributed by atoms with Gasteiger partial charge in [-0.2, -0.15) is 0 Å². The summed E-state index contributed by atoms with van der Waals surface area (Å²) >= 11 is 0. The highest BCUT2D eigenvalue weighted by Gasteiger charge is 2.32. The summed E-state index contributed by atoms with van der Waals surface area (Å²) in [7, 11) is -7.11. The third-order valence-corrected chi connectivity index (χ3v) is 6.07. The van der Waals surface area contributed by atoms with Crippen molar-refractivity contribution in [2.24, 2.45) is 0 Å². The lowest BCUT2D eigenvalue weighted by Gasteiger charge is -1.91. The van der Waals surface area contributed by atoms with Gasteiger partial charge in [0.2, 0.25) is 0 Å². The number of fused-ring (bicyclic) bond motifs is 2. The maximum absolute atomic E-state index is 11.1. The van der Waals surface area contributed by atoms with Gasteiger partial charge in [-0.15, -0.1) is 0 Å². The topological polar surface area (TPSA) is 158 Å². The molecule has 0 aromatic heterocycles. The second-order valence-electron chi connectivity index (χ2n) is 4.86. The third kappa shape index (κ3) is 3.24. The molecule has 2 aromatic carbocycles. The van der Waals surface area contributed by atoms with Crippen LogP contribution in [0.3, 0.4) is 0 Å². The second-order valence-corrected chi connectivity index (χ2v) is 8.16. The van der Waals surface area contributed by atoms with Gasteiger partial charge in [0.15, 0.2) is 0 Å².